The summed E-state index contributed by atoms with van der Waals surface area (Å²) in [6.45, 7) is 5.14. The second kappa shape index (κ2) is 8.04. The fourth-order valence-corrected chi connectivity index (χ4v) is 3.05. The summed E-state index contributed by atoms with van der Waals surface area (Å²) < 4.78 is 0. The molecule has 1 unspecified atom stereocenters. The Kier molecular flexibility index (Phi) is 5.56. The quantitative estimate of drug-likeness (QED) is 0.840. The van der Waals surface area contributed by atoms with Crippen molar-refractivity contribution in [2.75, 3.05) is 16.8 Å². The molecule has 1 aliphatic heterocycles. The molecular weight excluding hydrogens is 326 g/mol. The second-order valence-corrected chi connectivity index (χ2v) is 6.77. The lowest BCUT2D eigenvalue weighted by atomic mass is 10.1. The predicted octanol–water partition coefficient (Wildman–Crippen LogP) is 3.24. The van der Waals surface area contributed by atoms with Gasteiger partial charge in [-0.05, 0) is 44.0 Å². The van der Waals surface area contributed by atoms with E-state index in [2.05, 4.69) is 10.6 Å². The molecule has 1 aliphatic rings. The van der Waals surface area contributed by atoms with Crippen molar-refractivity contribution >= 4 is 23.2 Å². The summed E-state index contributed by atoms with van der Waals surface area (Å²) in [7, 11) is 0. The highest BCUT2D eigenvalue weighted by molar-refractivity contribution is 5.95. The first-order valence-electron chi connectivity index (χ1n) is 9.03. The van der Waals surface area contributed by atoms with E-state index in [0.29, 0.717) is 13.0 Å². The minimum atomic E-state index is -0.370. The van der Waals surface area contributed by atoms with Gasteiger partial charge in [-0.25, -0.2) is 0 Å². The summed E-state index contributed by atoms with van der Waals surface area (Å²) in [6.07, 6.45) is 1.50. The van der Waals surface area contributed by atoms with Gasteiger partial charge in [0, 0.05) is 30.9 Å². The van der Waals surface area contributed by atoms with E-state index in [1.807, 2.05) is 62.4 Å². The average molecular weight is 351 g/mol. The van der Waals surface area contributed by atoms with Crippen molar-refractivity contribution < 1.29 is 9.59 Å². The largest absolute Gasteiger partial charge is 0.374 e. The van der Waals surface area contributed by atoms with Crippen LogP contribution < -0.4 is 15.5 Å². The van der Waals surface area contributed by atoms with E-state index < -0.39 is 0 Å². The number of carbonyl (C=O) groups excluding carboxylic acids is 2. The normalized spacial score (nSPS) is 15.0. The minimum absolute atomic E-state index is 0.0618. The van der Waals surface area contributed by atoms with Crippen LogP contribution >= 0.6 is 0 Å². The monoisotopic (exact) mass is 351 g/mol. The molecule has 5 heteroatoms. The van der Waals surface area contributed by atoms with Crippen molar-refractivity contribution in [2.45, 2.75) is 39.3 Å². The maximum Gasteiger partial charge on any atom is 0.242 e. The van der Waals surface area contributed by atoms with E-state index in [9.17, 15) is 9.59 Å². The fourth-order valence-electron chi connectivity index (χ4n) is 3.05. The van der Waals surface area contributed by atoms with Crippen molar-refractivity contribution in [3.05, 3.63) is 59.7 Å². The summed E-state index contributed by atoms with van der Waals surface area (Å²) in [5, 5.41) is 6.16. The Morgan fingerprint density at radius 2 is 1.96 bits per heavy atom. The van der Waals surface area contributed by atoms with Gasteiger partial charge >= 0.3 is 0 Å². The van der Waals surface area contributed by atoms with E-state index in [1.54, 1.807) is 4.90 Å². The molecule has 136 valence electrons. The molecule has 2 aromatic rings. The maximum atomic E-state index is 12.3. The van der Waals surface area contributed by atoms with E-state index in [0.717, 1.165) is 29.9 Å². The van der Waals surface area contributed by atoms with Gasteiger partial charge in [-0.15, -0.1) is 0 Å². The third-order valence-corrected chi connectivity index (χ3v) is 4.60. The summed E-state index contributed by atoms with van der Waals surface area (Å²) in [4.78, 5) is 26.0. The van der Waals surface area contributed by atoms with Crippen LogP contribution in [0.4, 0.5) is 11.4 Å². The molecule has 2 N–H and O–H groups in total. The van der Waals surface area contributed by atoms with Gasteiger partial charge < -0.3 is 15.5 Å². The van der Waals surface area contributed by atoms with Gasteiger partial charge in [-0.3, -0.25) is 9.59 Å². The predicted molar refractivity (Wildman–Crippen MR) is 104 cm³/mol. The SMILES string of the molecule is Cc1ccc(CNC(=O)C(C)Nc2cccc(N3CCCC3=O)c2)cc1. The van der Waals surface area contributed by atoms with Crippen molar-refractivity contribution in [1.29, 1.82) is 0 Å². The first-order valence-corrected chi connectivity index (χ1v) is 9.03. The Labute approximate surface area is 154 Å². The fraction of sp³-hybridized carbons (Fsp3) is 0.333. The smallest absolute Gasteiger partial charge is 0.242 e. The Morgan fingerprint density at radius 1 is 1.19 bits per heavy atom. The van der Waals surface area contributed by atoms with Crippen LogP contribution in [0.15, 0.2) is 48.5 Å². The third-order valence-electron chi connectivity index (χ3n) is 4.60. The van der Waals surface area contributed by atoms with Gasteiger partial charge in [0.2, 0.25) is 11.8 Å². The summed E-state index contributed by atoms with van der Waals surface area (Å²) >= 11 is 0. The highest BCUT2D eigenvalue weighted by Crippen LogP contribution is 2.24. The highest BCUT2D eigenvalue weighted by Gasteiger charge is 2.22. The number of hydrogen-bond acceptors (Lipinski definition) is 3. The molecule has 1 saturated heterocycles. The maximum absolute atomic E-state index is 12.3. The summed E-state index contributed by atoms with van der Waals surface area (Å²) in [5.74, 6) is 0.0965. The first kappa shape index (κ1) is 18.0. The number of anilines is 2. The number of nitrogens with one attached hydrogen (secondary N) is 2. The molecule has 1 atom stereocenters. The van der Waals surface area contributed by atoms with Crippen LogP contribution in [0.5, 0.6) is 0 Å². The molecule has 0 radical (unpaired) electrons. The average Bonchev–Trinajstić information content (AvgIpc) is 3.07. The number of amides is 2. The van der Waals surface area contributed by atoms with E-state index >= 15 is 0 Å². The molecule has 2 amide bonds. The minimum Gasteiger partial charge on any atom is -0.374 e. The molecule has 1 fully saturated rings. The zero-order chi connectivity index (χ0) is 18.5. The van der Waals surface area contributed by atoms with Crippen molar-refractivity contribution in [3.8, 4) is 0 Å². The van der Waals surface area contributed by atoms with Crippen LogP contribution in [-0.4, -0.2) is 24.4 Å². The highest BCUT2D eigenvalue weighted by atomic mass is 16.2. The molecule has 3 rings (SSSR count). The Balaban J connectivity index is 1.56. The number of carbonyl (C=O) groups is 2. The van der Waals surface area contributed by atoms with Crippen LogP contribution in [0.3, 0.4) is 0 Å². The molecule has 0 saturated carbocycles. The molecule has 0 aromatic heterocycles. The Bertz CT molecular complexity index is 786. The molecule has 2 aromatic carbocycles. The van der Waals surface area contributed by atoms with Crippen LogP contribution in [0.25, 0.3) is 0 Å². The number of benzene rings is 2. The van der Waals surface area contributed by atoms with Gasteiger partial charge in [-0.1, -0.05) is 35.9 Å². The zero-order valence-electron chi connectivity index (χ0n) is 15.3. The third kappa shape index (κ3) is 4.42. The van der Waals surface area contributed by atoms with Gasteiger partial charge in [0.15, 0.2) is 0 Å². The molecule has 0 spiro atoms. The van der Waals surface area contributed by atoms with Gasteiger partial charge in [-0.2, -0.15) is 0 Å². The van der Waals surface area contributed by atoms with Crippen molar-refractivity contribution in [3.63, 3.8) is 0 Å². The van der Waals surface area contributed by atoms with Crippen molar-refractivity contribution in [1.82, 2.24) is 5.32 Å². The standard InChI is InChI=1S/C21H25N3O2/c1-15-8-10-17(11-9-15)14-22-21(26)16(2)23-18-5-3-6-19(13-18)24-12-4-7-20(24)25/h3,5-6,8-11,13,16,23H,4,7,12,14H2,1-2H3,(H,22,26). The lowest BCUT2D eigenvalue weighted by Gasteiger charge is -2.19. The molecule has 5 nitrogen and oxygen atoms in total. The van der Waals surface area contributed by atoms with Gasteiger partial charge in [0.05, 0.1) is 0 Å². The van der Waals surface area contributed by atoms with E-state index in [4.69, 9.17) is 0 Å². The zero-order valence-corrected chi connectivity index (χ0v) is 15.3. The molecule has 1 heterocycles. The number of hydrogen-bond donors (Lipinski definition) is 2. The lowest BCUT2D eigenvalue weighted by Crippen LogP contribution is -2.37. The van der Waals surface area contributed by atoms with Crippen LogP contribution in [0, 0.1) is 6.92 Å². The second-order valence-electron chi connectivity index (χ2n) is 6.77. The summed E-state index contributed by atoms with van der Waals surface area (Å²) in [5.41, 5.74) is 3.99. The topological polar surface area (TPSA) is 61.4 Å². The number of rotatable bonds is 6. The first-order chi connectivity index (χ1) is 12.5. The van der Waals surface area contributed by atoms with Crippen LogP contribution in [0.2, 0.25) is 0 Å². The molecular formula is C21H25N3O2. The summed E-state index contributed by atoms with van der Waals surface area (Å²) in [6, 6.07) is 15.4. The molecule has 0 aliphatic carbocycles. The molecule has 0 bridgehead atoms. The number of nitrogens with zero attached hydrogens (tertiary/aromatic N) is 1. The molecule has 26 heavy (non-hydrogen) atoms. The number of aryl methyl sites for hydroxylation is 1. The van der Waals surface area contributed by atoms with Crippen LogP contribution in [-0.2, 0) is 16.1 Å². The lowest BCUT2D eigenvalue weighted by molar-refractivity contribution is -0.121. The van der Waals surface area contributed by atoms with Gasteiger partial charge in [0.25, 0.3) is 0 Å². The van der Waals surface area contributed by atoms with E-state index in [1.165, 1.54) is 5.56 Å². The van der Waals surface area contributed by atoms with E-state index in [-0.39, 0.29) is 17.9 Å². The van der Waals surface area contributed by atoms with Gasteiger partial charge in [0.1, 0.15) is 6.04 Å². The Hall–Kier alpha value is -2.82. The van der Waals surface area contributed by atoms with Crippen LogP contribution in [0.1, 0.15) is 30.9 Å². The van der Waals surface area contributed by atoms with Crippen molar-refractivity contribution in [2.24, 2.45) is 0 Å². The Morgan fingerprint density at radius 3 is 2.65 bits per heavy atom.